The second-order valence-electron chi connectivity index (χ2n) is 5.98. The molecule has 0 aromatic heterocycles. The summed E-state index contributed by atoms with van der Waals surface area (Å²) >= 11 is 0. The van der Waals surface area contributed by atoms with E-state index in [1.165, 1.54) is 38.5 Å². The first-order chi connectivity index (χ1) is 8.33. The molecule has 0 bridgehead atoms. The van der Waals surface area contributed by atoms with Crippen molar-refractivity contribution in [3.63, 3.8) is 0 Å². The van der Waals surface area contributed by atoms with E-state index in [2.05, 4.69) is 6.07 Å². The predicted octanol–water partition coefficient (Wildman–Crippen LogP) is 3.77. The molecule has 2 rings (SSSR count). The van der Waals surface area contributed by atoms with Gasteiger partial charge in [-0.2, -0.15) is 5.26 Å². The molecular formula is C15H25NO. The lowest BCUT2D eigenvalue weighted by atomic mass is 9.69. The molecule has 2 aliphatic rings. The monoisotopic (exact) mass is 235 g/mol. The maximum atomic E-state index is 8.92. The average molecular weight is 235 g/mol. The molecule has 0 aromatic carbocycles. The molecule has 96 valence electrons. The van der Waals surface area contributed by atoms with Gasteiger partial charge in [0.25, 0.3) is 0 Å². The van der Waals surface area contributed by atoms with Gasteiger partial charge in [-0.25, -0.2) is 0 Å². The summed E-state index contributed by atoms with van der Waals surface area (Å²) in [5.41, 5.74) is 0. The van der Waals surface area contributed by atoms with Crippen LogP contribution in [0.4, 0.5) is 0 Å². The van der Waals surface area contributed by atoms with Crippen LogP contribution in [0.1, 0.15) is 51.4 Å². The molecule has 0 heterocycles. The number of ether oxygens (including phenoxy) is 1. The van der Waals surface area contributed by atoms with Crippen molar-refractivity contribution in [1.29, 1.82) is 5.26 Å². The number of rotatable bonds is 3. The van der Waals surface area contributed by atoms with Gasteiger partial charge in [-0.05, 0) is 69.1 Å². The molecule has 2 fully saturated rings. The molecule has 0 atom stereocenters. The number of nitriles is 1. The number of nitrogens with zero attached hydrogens (tertiary/aromatic N) is 1. The molecule has 0 N–H and O–H groups in total. The topological polar surface area (TPSA) is 33.0 Å². The van der Waals surface area contributed by atoms with E-state index in [1.54, 1.807) is 0 Å². The first kappa shape index (κ1) is 12.9. The maximum absolute atomic E-state index is 8.92. The molecule has 0 saturated heterocycles. The van der Waals surface area contributed by atoms with Crippen LogP contribution in [0.2, 0.25) is 0 Å². The quantitative estimate of drug-likeness (QED) is 0.746. The fourth-order valence-corrected chi connectivity index (χ4v) is 3.78. The number of hydrogen-bond acceptors (Lipinski definition) is 2. The van der Waals surface area contributed by atoms with Crippen LogP contribution < -0.4 is 0 Å². The minimum Gasteiger partial charge on any atom is -0.384 e. The van der Waals surface area contributed by atoms with Crippen molar-refractivity contribution in [2.75, 3.05) is 13.7 Å². The second kappa shape index (κ2) is 6.40. The van der Waals surface area contributed by atoms with E-state index in [0.29, 0.717) is 5.92 Å². The van der Waals surface area contributed by atoms with Crippen LogP contribution in [0.5, 0.6) is 0 Å². The van der Waals surface area contributed by atoms with Crippen LogP contribution in [-0.4, -0.2) is 13.7 Å². The summed E-state index contributed by atoms with van der Waals surface area (Å²) < 4.78 is 5.25. The molecule has 2 saturated carbocycles. The van der Waals surface area contributed by atoms with E-state index in [-0.39, 0.29) is 0 Å². The third-order valence-corrected chi connectivity index (χ3v) is 4.91. The van der Waals surface area contributed by atoms with Crippen LogP contribution in [0.3, 0.4) is 0 Å². The van der Waals surface area contributed by atoms with E-state index >= 15 is 0 Å². The highest BCUT2D eigenvalue weighted by Gasteiger charge is 2.30. The standard InChI is InChI=1S/C15H25NO/c1-17-11-13-4-8-15(9-5-13)14-6-2-12(10-16)3-7-14/h12-15H,2-9,11H2,1H3/t12-,13-,14-,15-. The Morgan fingerprint density at radius 3 is 1.94 bits per heavy atom. The van der Waals surface area contributed by atoms with Crippen molar-refractivity contribution in [2.45, 2.75) is 51.4 Å². The summed E-state index contributed by atoms with van der Waals surface area (Å²) in [6.45, 7) is 0.952. The lowest BCUT2D eigenvalue weighted by Gasteiger charge is -2.36. The lowest BCUT2D eigenvalue weighted by molar-refractivity contribution is 0.0960. The van der Waals surface area contributed by atoms with Gasteiger partial charge in [0.05, 0.1) is 6.07 Å². The highest BCUT2D eigenvalue weighted by Crippen LogP contribution is 2.41. The Balaban J connectivity index is 1.72. The highest BCUT2D eigenvalue weighted by molar-refractivity contribution is 4.89. The summed E-state index contributed by atoms with van der Waals surface area (Å²) in [6, 6.07) is 2.43. The molecule has 2 aliphatic carbocycles. The normalized spacial score (nSPS) is 38.6. The van der Waals surface area contributed by atoms with Gasteiger partial charge in [0.1, 0.15) is 0 Å². The zero-order valence-electron chi connectivity index (χ0n) is 11.0. The van der Waals surface area contributed by atoms with Gasteiger partial charge in [0, 0.05) is 19.6 Å². The van der Waals surface area contributed by atoms with Gasteiger partial charge in [0.15, 0.2) is 0 Å². The SMILES string of the molecule is COC[C@H]1CC[C@H]([C@H]2CC[C@H](C#N)CC2)CC1. The highest BCUT2D eigenvalue weighted by atomic mass is 16.5. The molecule has 2 nitrogen and oxygen atoms in total. The van der Waals surface area contributed by atoms with Crippen molar-refractivity contribution in [3.05, 3.63) is 0 Å². The lowest BCUT2D eigenvalue weighted by Crippen LogP contribution is -2.26. The van der Waals surface area contributed by atoms with Gasteiger partial charge in [-0.3, -0.25) is 0 Å². The third-order valence-electron chi connectivity index (χ3n) is 4.91. The smallest absolute Gasteiger partial charge is 0.0655 e. The molecule has 2 heteroatoms. The van der Waals surface area contributed by atoms with Crippen LogP contribution in [0, 0.1) is 35.0 Å². The molecule has 0 spiro atoms. The number of hydrogen-bond donors (Lipinski definition) is 0. The Kier molecular flexibility index (Phi) is 4.86. The summed E-state index contributed by atoms with van der Waals surface area (Å²) in [5.74, 6) is 3.04. The van der Waals surface area contributed by atoms with Gasteiger partial charge in [0.2, 0.25) is 0 Å². The first-order valence-electron chi connectivity index (χ1n) is 7.22. The predicted molar refractivity (Wildman–Crippen MR) is 68.4 cm³/mol. The molecule has 17 heavy (non-hydrogen) atoms. The summed E-state index contributed by atoms with van der Waals surface area (Å²) in [7, 11) is 1.81. The fourth-order valence-electron chi connectivity index (χ4n) is 3.78. The van der Waals surface area contributed by atoms with E-state index in [0.717, 1.165) is 37.2 Å². The molecular weight excluding hydrogens is 210 g/mol. The van der Waals surface area contributed by atoms with Gasteiger partial charge in [-0.15, -0.1) is 0 Å². The van der Waals surface area contributed by atoms with Crippen LogP contribution >= 0.6 is 0 Å². The average Bonchev–Trinajstić information content (AvgIpc) is 2.40. The van der Waals surface area contributed by atoms with Crippen molar-refractivity contribution in [1.82, 2.24) is 0 Å². The Morgan fingerprint density at radius 1 is 0.941 bits per heavy atom. The minimum atomic E-state index is 0.357. The molecule has 0 unspecified atom stereocenters. The van der Waals surface area contributed by atoms with Crippen molar-refractivity contribution >= 4 is 0 Å². The zero-order chi connectivity index (χ0) is 12.1. The van der Waals surface area contributed by atoms with Crippen LogP contribution in [-0.2, 0) is 4.74 Å². The molecule has 0 aromatic rings. The van der Waals surface area contributed by atoms with Gasteiger partial charge >= 0.3 is 0 Å². The summed E-state index contributed by atoms with van der Waals surface area (Å²) in [4.78, 5) is 0. The maximum Gasteiger partial charge on any atom is 0.0655 e. The Bertz CT molecular complexity index is 255. The Morgan fingerprint density at radius 2 is 1.47 bits per heavy atom. The first-order valence-corrected chi connectivity index (χ1v) is 7.22. The zero-order valence-corrected chi connectivity index (χ0v) is 11.0. The largest absolute Gasteiger partial charge is 0.384 e. The van der Waals surface area contributed by atoms with Crippen LogP contribution in [0.25, 0.3) is 0 Å². The minimum absolute atomic E-state index is 0.357. The van der Waals surface area contributed by atoms with Crippen molar-refractivity contribution in [3.8, 4) is 6.07 Å². The van der Waals surface area contributed by atoms with E-state index in [9.17, 15) is 0 Å². The molecule has 0 amide bonds. The van der Waals surface area contributed by atoms with Gasteiger partial charge < -0.3 is 4.74 Å². The summed E-state index contributed by atoms with van der Waals surface area (Å²) in [6.07, 6.45) is 10.4. The van der Waals surface area contributed by atoms with Crippen molar-refractivity contribution < 1.29 is 4.74 Å². The Labute approximate surface area is 105 Å². The molecule has 0 aliphatic heterocycles. The Hall–Kier alpha value is -0.550. The third kappa shape index (κ3) is 3.45. The molecule has 0 radical (unpaired) electrons. The van der Waals surface area contributed by atoms with Crippen LogP contribution in [0.15, 0.2) is 0 Å². The van der Waals surface area contributed by atoms with E-state index < -0.39 is 0 Å². The number of methoxy groups -OCH3 is 1. The second-order valence-corrected chi connectivity index (χ2v) is 5.98. The van der Waals surface area contributed by atoms with E-state index in [4.69, 9.17) is 10.00 Å². The van der Waals surface area contributed by atoms with Crippen molar-refractivity contribution in [2.24, 2.45) is 23.7 Å². The van der Waals surface area contributed by atoms with E-state index in [1.807, 2.05) is 7.11 Å². The van der Waals surface area contributed by atoms with Gasteiger partial charge in [-0.1, -0.05) is 0 Å². The fraction of sp³-hybridized carbons (Fsp3) is 0.933. The summed E-state index contributed by atoms with van der Waals surface area (Å²) in [5, 5.41) is 8.92.